The van der Waals surface area contributed by atoms with Gasteiger partial charge in [-0.3, -0.25) is 9.59 Å². The zero-order valence-electron chi connectivity index (χ0n) is 14.5. The Bertz CT molecular complexity index is 795. The number of hydrogen-bond acceptors (Lipinski definition) is 4. The van der Waals surface area contributed by atoms with E-state index in [1.165, 1.54) is 0 Å². The quantitative estimate of drug-likeness (QED) is 0.816. The average Bonchev–Trinajstić information content (AvgIpc) is 3.29. The standard InChI is InChI=1S/C18H21ClN4O2S/c1-2-3-8-17(24)22-12-26-11-16(22)18(25)21-13-9-20-23(10-13)15-7-5-4-6-14(15)19/h4-7,9-10,16H,2-3,8,11-12H2,1H3,(H,21,25). The molecule has 2 amide bonds. The van der Waals surface area contributed by atoms with Crippen LogP contribution in [0.1, 0.15) is 26.2 Å². The lowest BCUT2D eigenvalue weighted by atomic mass is 10.2. The van der Waals surface area contributed by atoms with Gasteiger partial charge in [0.15, 0.2) is 0 Å². The molecule has 0 radical (unpaired) electrons. The van der Waals surface area contributed by atoms with Crippen molar-refractivity contribution in [3.63, 3.8) is 0 Å². The summed E-state index contributed by atoms with van der Waals surface area (Å²) in [5.74, 6) is 1.05. The number of nitrogens with zero attached hydrogens (tertiary/aromatic N) is 3. The maximum atomic E-state index is 12.6. The first-order chi connectivity index (χ1) is 12.6. The van der Waals surface area contributed by atoms with Crippen molar-refractivity contribution in [1.29, 1.82) is 0 Å². The Morgan fingerprint density at radius 3 is 2.96 bits per heavy atom. The van der Waals surface area contributed by atoms with Gasteiger partial charge in [0.2, 0.25) is 11.8 Å². The second-order valence-electron chi connectivity index (χ2n) is 6.10. The number of carbonyl (C=O) groups excluding carboxylic acids is 2. The largest absolute Gasteiger partial charge is 0.322 e. The van der Waals surface area contributed by atoms with Gasteiger partial charge in [-0.2, -0.15) is 5.10 Å². The average molecular weight is 393 g/mol. The molecule has 2 heterocycles. The van der Waals surface area contributed by atoms with Crippen LogP contribution in [0.3, 0.4) is 0 Å². The van der Waals surface area contributed by atoms with Crippen LogP contribution in [0.4, 0.5) is 5.69 Å². The Hall–Kier alpha value is -1.99. The first kappa shape index (κ1) is 18.8. The number of unbranched alkanes of at least 4 members (excludes halogenated alkanes) is 1. The number of halogens is 1. The van der Waals surface area contributed by atoms with Gasteiger partial charge in [0.05, 0.1) is 34.7 Å². The molecular weight excluding hydrogens is 372 g/mol. The number of aromatic nitrogens is 2. The molecule has 26 heavy (non-hydrogen) atoms. The molecule has 1 N–H and O–H groups in total. The molecule has 2 aromatic rings. The molecule has 3 rings (SSSR count). The van der Waals surface area contributed by atoms with Crippen LogP contribution in [0.5, 0.6) is 0 Å². The van der Waals surface area contributed by atoms with E-state index in [-0.39, 0.29) is 11.8 Å². The van der Waals surface area contributed by atoms with E-state index in [0.29, 0.717) is 28.8 Å². The van der Waals surface area contributed by atoms with Gasteiger partial charge >= 0.3 is 0 Å². The monoisotopic (exact) mass is 392 g/mol. The highest BCUT2D eigenvalue weighted by molar-refractivity contribution is 7.99. The summed E-state index contributed by atoms with van der Waals surface area (Å²) >= 11 is 7.78. The van der Waals surface area contributed by atoms with Crippen LogP contribution in [0.2, 0.25) is 5.02 Å². The van der Waals surface area contributed by atoms with Crippen LogP contribution < -0.4 is 5.32 Å². The number of para-hydroxylation sites is 1. The zero-order chi connectivity index (χ0) is 18.5. The summed E-state index contributed by atoms with van der Waals surface area (Å²) < 4.78 is 1.62. The normalized spacial score (nSPS) is 16.7. The topological polar surface area (TPSA) is 67.2 Å². The molecule has 1 aromatic carbocycles. The summed E-state index contributed by atoms with van der Waals surface area (Å²) in [6, 6.07) is 6.92. The highest BCUT2D eigenvalue weighted by atomic mass is 35.5. The minimum Gasteiger partial charge on any atom is -0.322 e. The molecule has 1 aliphatic rings. The van der Waals surface area contributed by atoms with Crippen molar-refractivity contribution in [1.82, 2.24) is 14.7 Å². The van der Waals surface area contributed by atoms with Crippen LogP contribution in [0, 0.1) is 0 Å². The van der Waals surface area contributed by atoms with Crippen molar-refractivity contribution in [2.75, 3.05) is 16.9 Å². The highest BCUT2D eigenvalue weighted by Crippen LogP contribution is 2.24. The van der Waals surface area contributed by atoms with E-state index in [0.717, 1.165) is 18.5 Å². The minimum absolute atomic E-state index is 0.0452. The molecule has 0 saturated carbocycles. The summed E-state index contributed by atoms with van der Waals surface area (Å²) in [4.78, 5) is 26.6. The molecule has 1 aromatic heterocycles. The lowest BCUT2D eigenvalue weighted by molar-refractivity contribution is -0.136. The van der Waals surface area contributed by atoms with Gasteiger partial charge < -0.3 is 10.2 Å². The number of rotatable bonds is 6. The van der Waals surface area contributed by atoms with Crippen molar-refractivity contribution in [3.05, 3.63) is 41.7 Å². The van der Waals surface area contributed by atoms with Crippen LogP contribution in [-0.2, 0) is 9.59 Å². The lowest BCUT2D eigenvalue weighted by Gasteiger charge is -2.22. The van der Waals surface area contributed by atoms with Crippen LogP contribution >= 0.6 is 23.4 Å². The molecule has 1 fully saturated rings. The zero-order valence-corrected chi connectivity index (χ0v) is 16.1. The SMILES string of the molecule is CCCCC(=O)N1CSCC1C(=O)Nc1cnn(-c2ccccc2Cl)c1. The second kappa shape index (κ2) is 8.60. The molecule has 0 bridgehead atoms. The Morgan fingerprint density at radius 2 is 2.19 bits per heavy atom. The fourth-order valence-corrected chi connectivity index (χ4v) is 4.16. The Kier molecular flexibility index (Phi) is 6.21. The van der Waals surface area contributed by atoms with Crippen molar-refractivity contribution >= 4 is 40.9 Å². The van der Waals surface area contributed by atoms with Crippen molar-refractivity contribution in [2.45, 2.75) is 32.2 Å². The number of nitrogens with one attached hydrogen (secondary N) is 1. The molecular formula is C18H21ClN4O2S. The second-order valence-corrected chi connectivity index (χ2v) is 7.50. The van der Waals surface area contributed by atoms with Crippen molar-refractivity contribution in [3.8, 4) is 5.69 Å². The number of anilines is 1. The number of thioether (sulfide) groups is 1. The molecule has 1 saturated heterocycles. The van der Waals surface area contributed by atoms with Gasteiger partial charge in [0.25, 0.3) is 0 Å². The van der Waals surface area contributed by atoms with Crippen LogP contribution in [0.25, 0.3) is 5.69 Å². The molecule has 138 valence electrons. The maximum absolute atomic E-state index is 12.6. The molecule has 1 unspecified atom stereocenters. The molecule has 0 aliphatic carbocycles. The van der Waals surface area contributed by atoms with E-state index in [1.807, 2.05) is 25.1 Å². The lowest BCUT2D eigenvalue weighted by Crippen LogP contribution is -2.44. The van der Waals surface area contributed by atoms with Gasteiger partial charge in [-0.25, -0.2) is 4.68 Å². The smallest absolute Gasteiger partial charge is 0.248 e. The fourth-order valence-electron chi connectivity index (χ4n) is 2.76. The number of benzene rings is 1. The summed E-state index contributed by atoms with van der Waals surface area (Å²) in [6.07, 6.45) is 5.59. The van der Waals surface area contributed by atoms with E-state index < -0.39 is 6.04 Å². The first-order valence-electron chi connectivity index (χ1n) is 8.57. The highest BCUT2D eigenvalue weighted by Gasteiger charge is 2.34. The van der Waals surface area contributed by atoms with Crippen LogP contribution in [0.15, 0.2) is 36.7 Å². The molecule has 1 aliphatic heterocycles. The summed E-state index contributed by atoms with van der Waals surface area (Å²) in [6.45, 7) is 2.05. The Balaban J connectivity index is 1.66. The fraction of sp³-hybridized carbons (Fsp3) is 0.389. The van der Waals surface area contributed by atoms with E-state index in [2.05, 4.69) is 10.4 Å². The maximum Gasteiger partial charge on any atom is 0.248 e. The third-order valence-corrected chi connectivity index (χ3v) is 5.53. The van der Waals surface area contributed by atoms with Gasteiger partial charge in [0, 0.05) is 12.2 Å². The predicted molar refractivity (Wildman–Crippen MR) is 105 cm³/mol. The minimum atomic E-state index is -0.437. The third kappa shape index (κ3) is 4.22. The number of amides is 2. The molecule has 1 atom stereocenters. The van der Waals surface area contributed by atoms with Gasteiger partial charge in [0.1, 0.15) is 6.04 Å². The van der Waals surface area contributed by atoms with Gasteiger partial charge in [-0.15, -0.1) is 11.8 Å². The van der Waals surface area contributed by atoms with Gasteiger partial charge in [-0.1, -0.05) is 37.1 Å². The summed E-state index contributed by atoms with van der Waals surface area (Å²) in [5, 5.41) is 7.69. The predicted octanol–water partition coefficient (Wildman–Crippen LogP) is 3.56. The summed E-state index contributed by atoms with van der Waals surface area (Å²) in [5.41, 5.74) is 1.32. The van der Waals surface area contributed by atoms with E-state index >= 15 is 0 Å². The van der Waals surface area contributed by atoms with E-state index in [9.17, 15) is 9.59 Å². The molecule has 0 spiro atoms. The Labute approximate surface area is 161 Å². The van der Waals surface area contributed by atoms with E-state index in [4.69, 9.17) is 11.6 Å². The number of carbonyl (C=O) groups is 2. The van der Waals surface area contributed by atoms with E-state index in [1.54, 1.807) is 39.8 Å². The first-order valence-corrected chi connectivity index (χ1v) is 10.1. The third-order valence-electron chi connectivity index (χ3n) is 4.20. The Morgan fingerprint density at radius 1 is 1.38 bits per heavy atom. The van der Waals surface area contributed by atoms with Gasteiger partial charge in [-0.05, 0) is 18.6 Å². The van der Waals surface area contributed by atoms with Crippen molar-refractivity contribution < 1.29 is 9.59 Å². The van der Waals surface area contributed by atoms with Crippen molar-refractivity contribution in [2.24, 2.45) is 0 Å². The molecule has 8 heteroatoms. The van der Waals surface area contributed by atoms with Crippen LogP contribution in [-0.4, -0.2) is 44.2 Å². The number of hydrogen-bond donors (Lipinski definition) is 1. The molecule has 6 nitrogen and oxygen atoms in total. The summed E-state index contributed by atoms with van der Waals surface area (Å²) in [7, 11) is 0.